The first-order valence-electron chi connectivity index (χ1n) is 7.12. The SMILES string of the molecule is Cc1[nH]nc(NC(=O)C2(c3cccc(Cl)c3)CCC2)c1C. The summed E-state index contributed by atoms with van der Waals surface area (Å²) in [6.45, 7) is 3.88. The molecule has 1 heterocycles. The molecule has 21 heavy (non-hydrogen) atoms. The Morgan fingerprint density at radius 2 is 2.14 bits per heavy atom. The molecule has 0 aliphatic heterocycles. The lowest BCUT2D eigenvalue weighted by Gasteiger charge is -2.40. The van der Waals surface area contributed by atoms with E-state index in [1.54, 1.807) is 0 Å². The Hall–Kier alpha value is -1.81. The first-order chi connectivity index (χ1) is 10.0. The van der Waals surface area contributed by atoms with Crippen molar-refractivity contribution in [1.82, 2.24) is 10.2 Å². The lowest BCUT2D eigenvalue weighted by Crippen LogP contribution is -2.46. The quantitative estimate of drug-likeness (QED) is 0.907. The van der Waals surface area contributed by atoms with Gasteiger partial charge in [0.05, 0.1) is 5.41 Å². The second kappa shape index (κ2) is 5.19. The molecule has 1 saturated carbocycles. The van der Waals surface area contributed by atoms with E-state index in [0.717, 1.165) is 36.1 Å². The van der Waals surface area contributed by atoms with Crippen molar-refractivity contribution in [3.05, 3.63) is 46.1 Å². The maximum atomic E-state index is 12.8. The van der Waals surface area contributed by atoms with Crippen molar-refractivity contribution in [3.8, 4) is 0 Å². The summed E-state index contributed by atoms with van der Waals surface area (Å²) in [6, 6.07) is 7.60. The molecule has 0 spiro atoms. The van der Waals surface area contributed by atoms with E-state index >= 15 is 0 Å². The highest BCUT2D eigenvalue weighted by Crippen LogP contribution is 2.45. The van der Waals surface area contributed by atoms with Gasteiger partial charge in [-0.05, 0) is 44.4 Å². The molecule has 5 heteroatoms. The Balaban J connectivity index is 1.89. The van der Waals surface area contributed by atoms with Gasteiger partial charge in [0.1, 0.15) is 0 Å². The smallest absolute Gasteiger partial charge is 0.236 e. The Bertz CT molecular complexity index is 689. The Morgan fingerprint density at radius 3 is 2.67 bits per heavy atom. The predicted molar refractivity (Wildman–Crippen MR) is 83.7 cm³/mol. The fraction of sp³-hybridized carbons (Fsp3) is 0.375. The molecule has 0 atom stereocenters. The van der Waals surface area contributed by atoms with E-state index in [2.05, 4.69) is 15.5 Å². The molecular formula is C16H18ClN3O. The van der Waals surface area contributed by atoms with Crippen LogP contribution in [0, 0.1) is 13.8 Å². The number of nitrogens with zero attached hydrogens (tertiary/aromatic N) is 1. The first-order valence-corrected chi connectivity index (χ1v) is 7.50. The number of H-pyrrole nitrogens is 1. The van der Waals surface area contributed by atoms with Crippen LogP contribution in [0.5, 0.6) is 0 Å². The number of amides is 1. The largest absolute Gasteiger partial charge is 0.308 e. The molecule has 2 N–H and O–H groups in total. The second-order valence-corrected chi connectivity index (χ2v) is 6.16. The van der Waals surface area contributed by atoms with Gasteiger partial charge >= 0.3 is 0 Å². The zero-order valence-electron chi connectivity index (χ0n) is 12.2. The molecule has 3 rings (SSSR count). The number of hydrogen-bond donors (Lipinski definition) is 2. The summed E-state index contributed by atoms with van der Waals surface area (Å²) < 4.78 is 0. The van der Waals surface area contributed by atoms with Crippen LogP contribution in [-0.4, -0.2) is 16.1 Å². The number of aryl methyl sites for hydroxylation is 1. The number of hydrogen-bond acceptors (Lipinski definition) is 2. The van der Waals surface area contributed by atoms with Crippen LogP contribution in [0.15, 0.2) is 24.3 Å². The molecule has 1 aliphatic rings. The van der Waals surface area contributed by atoms with Crippen LogP contribution in [0.2, 0.25) is 5.02 Å². The lowest BCUT2D eigenvalue weighted by molar-refractivity contribution is -0.124. The number of carbonyl (C=O) groups excluding carboxylic acids is 1. The number of nitrogens with one attached hydrogen (secondary N) is 2. The summed E-state index contributed by atoms with van der Waals surface area (Å²) in [5.74, 6) is 0.622. The average Bonchev–Trinajstić information content (AvgIpc) is 2.70. The van der Waals surface area contributed by atoms with Crippen molar-refractivity contribution in [1.29, 1.82) is 0 Å². The van der Waals surface area contributed by atoms with E-state index in [1.165, 1.54) is 0 Å². The molecule has 4 nitrogen and oxygen atoms in total. The number of anilines is 1. The van der Waals surface area contributed by atoms with Gasteiger partial charge in [0.25, 0.3) is 0 Å². The molecule has 110 valence electrons. The summed E-state index contributed by atoms with van der Waals surface area (Å²) >= 11 is 6.08. The van der Waals surface area contributed by atoms with Gasteiger partial charge in [-0.25, -0.2) is 0 Å². The van der Waals surface area contributed by atoms with Crippen LogP contribution >= 0.6 is 11.6 Å². The molecule has 0 radical (unpaired) electrons. The summed E-state index contributed by atoms with van der Waals surface area (Å²) in [6.07, 6.45) is 2.75. The van der Waals surface area contributed by atoms with Crippen LogP contribution in [0.1, 0.15) is 36.1 Å². The minimum absolute atomic E-state index is 0.00520. The highest BCUT2D eigenvalue weighted by atomic mass is 35.5. The van der Waals surface area contributed by atoms with Crippen LogP contribution in [0.3, 0.4) is 0 Å². The molecule has 1 aromatic heterocycles. The molecule has 0 unspecified atom stereocenters. The van der Waals surface area contributed by atoms with Crippen molar-refractivity contribution in [2.24, 2.45) is 0 Å². The topological polar surface area (TPSA) is 57.8 Å². The van der Waals surface area contributed by atoms with E-state index in [9.17, 15) is 4.79 Å². The standard InChI is InChI=1S/C16H18ClN3O/c1-10-11(2)19-20-14(10)18-15(21)16(7-4-8-16)12-5-3-6-13(17)9-12/h3,5-6,9H,4,7-8H2,1-2H3,(H2,18,19,20,21). The summed E-state index contributed by atoms with van der Waals surface area (Å²) in [5, 5.41) is 10.7. The van der Waals surface area contributed by atoms with E-state index in [0.29, 0.717) is 10.8 Å². The van der Waals surface area contributed by atoms with Crippen molar-refractivity contribution in [3.63, 3.8) is 0 Å². The van der Waals surface area contributed by atoms with Crippen LogP contribution in [0.4, 0.5) is 5.82 Å². The highest BCUT2D eigenvalue weighted by molar-refractivity contribution is 6.30. The lowest BCUT2D eigenvalue weighted by atomic mass is 9.64. The van der Waals surface area contributed by atoms with Crippen molar-refractivity contribution in [2.75, 3.05) is 5.32 Å². The van der Waals surface area contributed by atoms with E-state index < -0.39 is 5.41 Å². The van der Waals surface area contributed by atoms with Gasteiger partial charge in [-0.2, -0.15) is 5.10 Å². The second-order valence-electron chi connectivity index (χ2n) is 5.72. The Kier molecular flexibility index (Phi) is 3.49. The van der Waals surface area contributed by atoms with E-state index in [4.69, 9.17) is 11.6 Å². The number of rotatable bonds is 3. The summed E-state index contributed by atoms with van der Waals surface area (Å²) in [7, 11) is 0. The third kappa shape index (κ3) is 2.33. The van der Waals surface area contributed by atoms with Gasteiger partial charge in [-0.15, -0.1) is 0 Å². The molecule has 1 aliphatic carbocycles. The van der Waals surface area contributed by atoms with Gasteiger partial charge in [0.2, 0.25) is 5.91 Å². The third-order valence-electron chi connectivity index (χ3n) is 4.50. The van der Waals surface area contributed by atoms with Crippen LogP contribution < -0.4 is 5.32 Å². The molecule has 1 fully saturated rings. The van der Waals surface area contributed by atoms with Crippen LogP contribution in [0.25, 0.3) is 0 Å². The summed E-state index contributed by atoms with van der Waals surface area (Å²) in [4.78, 5) is 12.8. The Labute approximate surface area is 128 Å². The number of benzene rings is 1. The minimum atomic E-state index is -0.468. The van der Waals surface area contributed by atoms with Gasteiger partial charge in [0, 0.05) is 16.3 Å². The number of aromatic nitrogens is 2. The van der Waals surface area contributed by atoms with Crippen molar-refractivity contribution in [2.45, 2.75) is 38.5 Å². The maximum absolute atomic E-state index is 12.8. The number of carbonyl (C=O) groups is 1. The molecule has 0 saturated heterocycles. The molecule has 0 bridgehead atoms. The summed E-state index contributed by atoms with van der Waals surface area (Å²) in [5.41, 5.74) is 2.47. The monoisotopic (exact) mass is 303 g/mol. The minimum Gasteiger partial charge on any atom is -0.308 e. The average molecular weight is 304 g/mol. The highest BCUT2D eigenvalue weighted by Gasteiger charge is 2.46. The van der Waals surface area contributed by atoms with Gasteiger partial charge in [-0.1, -0.05) is 30.2 Å². The predicted octanol–water partition coefficient (Wildman–Crippen LogP) is 3.74. The van der Waals surface area contributed by atoms with Crippen LogP contribution in [-0.2, 0) is 10.2 Å². The molecular weight excluding hydrogens is 286 g/mol. The van der Waals surface area contributed by atoms with Gasteiger partial charge in [0.15, 0.2) is 5.82 Å². The maximum Gasteiger partial charge on any atom is 0.236 e. The Morgan fingerprint density at radius 1 is 1.38 bits per heavy atom. The zero-order valence-corrected chi connectivity index (χ0v) is 12.9. The number of halogens is 1. The fourth-order valence-corrected chi connectivity index (χ4v) is 2.99. The van der Waals surface area contributed by atoms with Gasteiger partial charge in [-0.3, -0.25) is 9.89 Å². The van der Waals surface area contributed by atoms with E-state index in [-0.39, 0.29) is 5.91 Å². The first kappa shape index (κ1) is 14.1. The molecule has 1 amide bonds. The fourth-order valence-electron chi connectivity index (χ4n) is 2.80. The third-order valence-corrected chi connectivity index (χ3v) is 4.74. The number of aromatic amines is 1. The van der Waals surface area contributed by atoms with Crippen molar-refractivity contribution >= 4 is 23.3 Å². The normalized spacial score (nSPS) is 16.3. The van der Waals surface area contributed by atoms with Crippen molar-refractivity contribution < 1.29 is 4.79 Å². The zero-order chi connectivity index (χ0) is 15.0. The molecule has 2 aromatic rings. The van der Waals surface area contributed by atoms with Gasteiger partial charge < -0.3 is 5.32 Å². The van der Waals surface area contributed by atoms with E-state index in [1.807, 2.05) is 38.1 Å². The molecule has 1 aromatic carbocycles.